The van der Waals surface area contributed by atoms with Crippen molar-refractivity contribution in [2.75, 3.05) is 5.32 Å². The standard InChI is InChI=1S/C10H12F3N3O/c1-9(2,8(14)17)16-7-6(10(11,12)13)4-3-5-15-7/h3-5H,1-2H3,(H2,14,17)(H,15,16). The summed E-state index contributed by atoms with van der Waals surface area (Å²) in [5.41, 5.74) is 2.82. The van der Waals surface area contributed by atoms with Crippen LogP contribution in [0.3, 0.4) is 0 Å². The van der Waals surface area contributed by atoms with Crippen LogP contribution in [0.15, 0.2) is 18.3 Å². The molecule has 1 heterocycles. The number of amides is 1. The van der Waals surface area contributed by atoms with Gasteiger partial charge in [-0.3, -0.25) is 4.79 Å². The van der Waals surface area contributed by atoms with Crippen molar-refractivity contribution in [3.05, 3.63) is 23.9 Å². The number of aromatic nitrogens is 1. The van der Waals surface area contributed by atoms with Crippen molar-refractivity contribution in [3.63, 3.8) is 0 Å². The number of nitrogens with two attached hydrogens (primary N) is 1. The lowest BCUT2D eigenvalue weighted by Gasteiger charge is -2.24. The minimum Gasteiger partial charge on any atom is -0.368 e. The van der Waals surface area contributed by atoms with Gasteiger partial charge in [-0.05, 0) is 26.0 Å². The number of anilines is 1. The van der Waals surface area contributed by atoms with Gasteiger partial charge < -0.3 is 11.1 Å². The normalized spacial score (nSPS) is 12.3. The third-order valence-corrected chi connectivity index (χ3v) is 2.16. The Hall–Kier alpha value is -1.79. The summed E-state index contributed by atoms with van der Waals surface area (Å²) in [6.07, 6.45) is -3.33. The number of carbonyl (C=O) groups is 1. The number of nitrogens with zero attached hydrogens (tertiary/aromatic N) is 1. The van der Waals surface area contributed by atoms with Gasteiger partial charge in [0.2, 0.25) is 5.91 Å². The van der Waals surface area contributed by atoms with E-state index in [2.05, 4.69) is 10.3 Å². The maximum Gasteiger partial charge on any atom is 0.419 e. The molecule has 94 valence electrons. The Morgan fingerprint density at radius 1 is 1.41 bits per heavy atom. The number of nitrogens with one attached hydrogen (secondary N) is 1. The molecule has 0 radical (unpaired) electrons. The molecule has 1 aromatic rings. The van der Waals surface area contributed by atoms with Crippen LogP contribution in [0.4, 0.5) is 19.0 Å². The molecule has 17 heavy (non-hydrogen) atoms. The predicted molar refractivity (Wildman–Crippen MR) is 56.1 cm³/mol. The van der Waals surface area contributed by atoms with Crippen molar-refractivity contribution >= 4 is 11.7 Å². The molecular weight excluding hydrogens is 235 g/mol. The molecule has 7 heteroatoms. The lowest BCUT2D eigenvalue weighted by Crippen LogP contribution is -2.45. The Morgan fingerprint density at radius 3 is 2.47 bits per heavy atom. The average Bonchev–Trinajstić information content (AvgIpc) is 2.15. The topological polar surface area (TPSA) is 68.0 Å². The van der Waals surface area contributed by atoms with Gasteiger partial charge in [0.05, 0.1) is 5.56 Å². The SMILES string of the molecule is CC(C)(Nc1ncccc1C(F)(F)F)C(N)=O. The van der Waals surface area contributed by atoms with Gasteiger partial charge in [0.1, 0.15) is 11.4 Å². The van der Waals surface area contributed by atoms with E-state index in [9.17, 15) is 18.0 Å². The van der Waals surface area contributed by atoms with Crippen molar-refractivity contribution in [2.45, 2.75) is 25.6 Å². The van der Waals surface area contributed by atoms with E-state index >= 15 is 0 Å². The Kier molecular flexibility index (Phi) is 3.30. The second kappa shape index (κ2) is 4.23. The third-order valence-electron chi connectivity index (χ3n) is 2.16. The highest BCUT2D eigenvalue weighted by atomic mass is 19.4. The summed E-state index contributed by atoms with van der Waals surface area (Å²) < 4.78 is 37.9. The zero-order chi connectivity index (χ0) is 13.3. The van der Waals surface area contributed by atoms with Crippen LogP contribution in [0, 0.1) is 0 Å². The smallest absolute Gasteiger partial charge is 0.368 e. The van der Waals surface area contributed by atoms with Gasteiger partial charge in [-0.2, -0.15) is 13.2 Å². The van der Waals surface area contributed by atoms with E-state index in [-0.39, 0.29) is 0 Å². The van der Waals surface area contributed by atoms with Crippen LogP contribution < -0.4 is 11.1 Å². The molecule has 1 aromatic heterocycles. The van der Waals surface area contributed by atoms with E-state index in [4.69, 9.17) is 5.73 Å². The first-order valence-corrected chi connectivity index (χ1v) is 4.75. The second-order valence-electron chi connectivity index (χ2n) is 4.01. The van der Waals surface area contributed by atoms with Gasteiger partial charge in [0.15, 0.2) is 0 Å². The molecule has 1 amide bonds. The maximum absolute atomic E-state index is 12.6. The van der Waals surface area contributed by atoms with Crippen molar-refractivity contribution in [2.24, 2.45) is 5.73 Å². The van der Waals surface area contributed by atoms with Crippen molar-refractivity contribution in [1.82, 2.24) is 4.98 Å². The molecular formula is C10H12F3N3O. The Morgan fingerprint density at radius 2 is 2.00 bits per heavy atom. The zero-order valence-corrected chi connectivity index (χ0v) is 9.30. The lowest BCUT2D eigenvalue weighted by atomic mass is 10.0. The molecule has 0 saturated carbocycles. The fourth-order valence-electron chi connectivity index (χ4n) is 1.09. The molecule has 0 atom stereocenters. The molecule has 0 aliphatic heterocycles. The average molecular weight is 247 g/mol. The lowest BCUT2D eigenvalue weighted by molar-refractivity contribution is -0.137. The van der Waals surface area contributed by atoms with Gasteiger partial charge in [-0.1, -0.05) is 0 Å². The van der Waals surface area contributed by atoms with Gasteiger partial charge >= 0.3 is 6.18 Å². The van der Waals surface area contributed by atoms with Crippen LogP contribution in [-0.4, -0.2) is 16.4 Å². The zero-order valence-electron chi connectivity index (χ0n) is 9.30. The summed E-state index contributed by atoms with van der Waals surface area (Å²) in [6, 6.07) is 2.05. The van der Waals surface area contributed by atoms with E-state index < -0.39 is 29.0 Å². The summed E-state index contributed by atoms with van der Waals surface area (Å²) >= 11 is 0. The fourth-order valence-corrected chi connectivity index (χ4v) is 1.09. The van der Waals surface area contributed by atoms with E-state index in [1.165, 1.54) is 26.1 Å². The highest BCUT2D eigenvalue weighted by Gasteiger charge is 2.36. The molecule has 0 bridgehead atoms. The summed E-state index contributed by atoms with van der Waals surface area (Å²) in [7, 11) is 0. The fraction of sp³-hybridized carbons (Fsp3) is 0.400. The van der Waals surface area contributed by atoms with E-state index in [0.29, 0.717) is 0 Å². The molecule has 0 fully saturated rings. The number of hydrogen-bond acceptors (Lipinski definition) is 3. The molecule has 0 aliphatic carbocycles. The first kappa shape index (κ1) is 13.3. The predicted octanol–water partition coefficient (Wildman–Crippen LogP) is 1.78. The summed E-state index contributed by atoms with van der Waals surface area (Å²) in [6.45, 7) is 2.76. The van der Waals surface area contributed by atoms with Crippen LogP contribution in [0.25, 0.3) is 0 Å². The molecule has 0 aliphatic rings. The Balaban J connectivity index is 3.12. The molecule has 0 unspecified atom stereocenters. The molecule has 4 nitrogen and oxygen atoms in total. The van der Waals surface area contributed by atoms with E-state index in [0.717, 1.165) is 6.07 Å². The maximum atomic E-state index is 12.6. The van der Waals surface area contributed by atoms with Crippen LogP contribution in [0.1, 0.15) is 19.4 Å². The number of carbonyl (C=O) groups excluding carboxylic acids is 1. The van der Waals surface area contributed by atoms with Crippen LogP contribution in [-0.2, 0) is 11.0 Å². The molecule has 0 saturated heterocycles. The number of rotatable bonds is 3. The summed E-state index contributed by atoms with van der Waals surface area (Å²) in [5.74, 6) is -1.18. The van der Waals surface area contributed by atoms with Gasteiger partial charge in [-0.15, -0.1) is 0 Å². The number of alkyl halides is 3. The minimum absolute atomic E-state index is 0.413. The molecule has 3 N–H and O–H groups in total. The highest BCUT2D eigenvalue weighted by molar-refractivity contribution is 5.86. The third kappa shape index (κ3) is 3.08. The summed E-state index contributed by atoms with van der Waals surface area (Å²) in [5, 5.41) is 2.39. The van der Waals surface area contributed by atoms with Crippen LogP contribution in [0.2, 0.25) is 0 Å². The number of primary amides is 1. The van der Waals surface area contributed by atoms with E-state index in [1.54, 1.807) is 0 Å². The van der Waals surface area contributed by atoms with Gasteiger partial charge in [0, 0.05) is 6.20 Å². The largest absolute Gasteiger partial charge is 0.419 e. The van der Waals surface area contributed by atoms with E-state index in [1.807, 2.05) is 0 Å². The molecule has 0 aromatic carbocycles. The van der Waals surface area contributed by atoms with Crippen LogP contribution >= 0.6 is 0 Å². The first-order valence-electron chi connectivity index (χ1n) is 4.75. The first-order chi connectivity index (χ1) is 7.64. The van der Waals surface area contributed by atoms with Crippen LogP contribution in [0.5, 0.6) is 0 Å². The highest BCUT2D eigenvalue weighted by Crippen LogP contribution is 2.34. The van der Waals surface area contributed by atoms with Crippen molar-refractivity contribution in [1.29, 1.82) is 0 Å². The molecule has 0 spiro atoms. The summed E-state index contributed by atoms with van der Waals surface area (Å²) in [4.78, 5) is 14.6. The Bertz CT molecular complexity index is 429. The Labute approximate surface area is 96.0 Å². The van der Waals surface area contributed by atoms with Crippen molar-refractivity contribution < 1.29 is 18.0 Å². The minimum atomic E-state index is -4.54. The van der Waals surface area contributed by atoms with Crippen molar-refractivity contribution in [3.8, 4) is 0 Å². The monoisotopic (exact) mass is 247 g/mol. The van der Waals surface area contributed by atoms with Gasteiger partial charge in [-0.25, -0.2) is 4.98 Å². The number of pyridine rings is 1. The second-order valence-corrected chi connectivity index (χ2v) is 4.01. The number of hydrogen-bond donors (Lipinski definition) is 2. The quantitative estimate of drug-likeness (QED) is 0.855. The number of halogens is 3. The molecule has 1 rings (SSSR count). The van der Waals surface area contributed by atoms with Gasteiger partial charge in [0.25, 0.3) is 0 Å².